The molecule has 0 spiro atoms. The molecule has 1 aromatic carbocycles. The summed E-state index contributed by atoms with van der Waals surface area (Å²) < 4.78 is 5.53. The van der Waals surface area contributed by atoms with Gasteiger partial charge in [-0.05, 0) is 31.2 Å². The summed E-state index contributed by atoms with van der Waals surface area (Å²) in [6.45, 7) is 4.35. The topological polar surface area (TPSA) is 51.2 Å². The molecule has 0 aliphatic rings. The van der Waals surface area contributed by atoms with Crippen LogP contribution in [0.5, 0.6) is 5.75 Å². The van der Waals surface area contributed by atoms with Gasteiger partial charge in [0.2, 0.25) is 5.91 Å². The largest absolute Gasteiger partial charge is 0.492 e. The molecule has 4 heteroatoms. The summed E-state index contributed by atoms with van der Waals surface area (Å²) in [5.74, 6) is 0.729. The standard InChI is InChI=1S/C14H16N2O2/c1-3-13(17)16-11-7-8-12(18-4-2)14-10(11)6-5-9-15-14/h5-9H,3-4H2,1-2H3,(H,16,17). The van der Waals surface area contributed by atoms with Crippen molar-refractivity contribution in [3.63, 3.8) is 0 Å². The van der Waals surface area contributed by atoms with Crippen molar-refractivity contribution in [2.75, 3.05) is 11.9 Å². The summed E-state index contributed by atoms with van der Waals surface area (Å²) in [5.41, 5.74) is 1.54. The SMILES string of the molecule is CCOc1ccc(NC(=O)CC)c2cccnc12. The molecule has 1 N–H and O–H groups in total. The van der Waals surface area contributed by atoms with Crippen molar-refractivity contribution >= 4 is 22.5 Å². The van der Waals surface area contributed by atoms with Gasteiger partial charge in [0.15, 0.2) is 0 Å². The van der Waals surface area contributed by atoms with Gasteiger partial charge in [0.25, 0.3) is 0 Å². The molecule has 0 atom stereocenters. The Bertz CT molecular complexity index is 567. The van der Waals surface area contributed by atoms with Crippen LogP contribution in [0.4, 0.5) is 5.69 Å². The molecule has 1 amide bonds. The van der Waals surface area contributed by atoms with Crippen LogP contribution in [-0.2, 0) is 4.79 Å². The van der Waals surface area contributed by atoms with E-state index < -0.39 is 0 Å². The number of pyridine rings is 1. The lowest BCUT2D eigenvalue weighted by Crippen LogP contribution is -2.10. The Kier molecular flexibility index (Phi) is 3.77. The van der Waals surface area contributed by atoms with Gasteiger partial charge in [0.05, 0.1) is 12.3 Å². The Morgan fingerprint density at radius 1 is 1.33 bits per heavy atom. The predicted octanol–water partition coefficient (Wildman–Crippen LogP) is 2.98. The summed E-state index contributed by atoms with van der Waals surface area (Å²) in [4.78, 5) is 15.8. The van der Waals surface area contributed by atoms with Gasteiger partial charge in [-0.3, -0.25) is 9.78 Å². The van der Waals surface area contributed by atoms with Crippen LogP contribution in [-0.4, -0.2) is 17.5 Å². The second-order valence-electron chi connectivity index (χ2n) is 3.85. The summed E-state index contributed by atoms with van der Waals surface area (Å²) in [7, 11) is 0. The molecule has 0 aliphatic heterocycles. The van der Waals surface area contributed by atoms with E-state index in [1.165, 1.54) is 0 Å². The van der Waals surface area contributed by atoms with E-state index in [0.717, 1.165) is 22.3 Å². The number of hydrogen-bond acceptors (Lipinski definition) is 3. The normalized spacial score (nSPS) is 10.3. The van der Waals surface area contributed by atoms with Gasteiger partial charge in [0.1, 0.15) is 11.3 Å². The second-order valence-corrected chi connectivity index (χ2v) is 3.85. The second kappa shape index (κ2) is 5.49. The highest BCUT2D eigenvalue weighted by Gasteiger charge is 2.09. The quantitative estimate of drug-likeness (QED) is 0.899. The predicted molar refractivity (Wildman–Crippen MR) is 71.8 cm³/mol. The minimum absolute atomic E-state index is 0.00990. The van der Waals surface area contributed by atoms with E-state index in [1.807, 2.05) is 38.1 Å². The molecule has 2 aromatic rings. The minimum atomic E-state index is -0.00990. The smallest absolute Gasteiger partial charge is 0.224 e. The van der Waals surface area contributed by atoms with Gasteiger partial charge in [0, 0.05) is 18.0 Å². The zero-order valence-electron chi connectivity index (χ0n) is 10.6. The molecule has 4 nitrogen and oxygen atoms in total. The molecule has 1 heterocycles. The van der Waals surface area contributed by atoms with Crippen molar-refractivity contribution < 1.29 is 9.53 Å². The van der Waals surface area contributed by atoms with E-state index in [-0.39, 0.29) is 5.91 Å². The number of nitrogens with one attached hydrogen (secondary N) is 1. The van der Waals surface area contributed by atoms with Crippen LogP contribution >= 0.6 is 0 Å². The summed E-state index contributed by atoms with van der Waals surface area (Å²) in [5, 5.41) is 3.76. The van der Waals surface area contributed by atoms with Crippen molar-refractivity contribution in [3.05, 3.63) is 30.5 Å². The summed E-state index contributed by atoms with van der Waals surface area (Å²) >= 11 is 0. The van der Waals surface area contributed by atoms with Crippen molar-refractivity contribution in [2.24, 2.45) is 0 Å². The van der Waals surface area contributed by atoms with E-state index >= 15 is 0 Å². The molecule has 1 aromatic heterocycles. The lowest BCUT2D eigenvalue weighted by molar-refractivity contribution is -0.115. The number of nitrogens with zero attached hydrogens (tertiary/aromatic N) is 1. The van der Waals surface area contributed by atoms with Crippen LogP contribution < -0.4 is 10.1 Å². The minimum Gasteiger partial charge on any atom is -0.492 e. The molecular formula is C14H16N2O2. The highest BCUT2D eigenvalue weighted by Crippen LogP contribution is 2.29. The first kappa shape index (κ1) is 12.4. The maximum Gasteiger partial charge on any atom is 0.224 e. The third-order valence-corrected chi connectivity index (χ3v) is 2.63. The lowest BCUT2D eigenvalue weighted by Gasteiger charge is -2.11. The van der Waals surface area contributed by atoms with E-state index in [4.69, 9.17) is 4.74 Å². The fraction of sp³-hybridized carbons (Fsp3) is 0.286. The Hall–Kier alpha value is -2.10. The number of hydrogen-bond donors (Lipinski definition) is 1. The molecular weight excluding hydrogens is 228 g/mol. The fourth-order valence-electron chi connectivity index (χ4n) is 1.77. The van der Waals surface area contributed by atoms with Crippen molar-refractivity contribution in [2.45, 2.75) is 20.3 Å². The molecule has 0 aliphatic carbocycles. The van der Waals surface area contributed by atoms with E-state index in [9.17, 15) is 4.79 Å². The Morgan fingerprint density at radius 3 is 2.89 bits per heavy atom. The van der Waals surface area contributed by atoms with Crippen molar-refractivity contribution in [1.29, 1.82) is 0 Å². The maximum absolute atomic E-state index is 11.5. The van der Waals surface area contributed by atoms with Gasteiger partial charge in [-0.25, -0.2) is 0 Å². The fourth-order valence-corrected chi connectivity index (χ4v) is 1.77. The number of benzene rings is 1. The monoisotopic (exact) mass is 244 g/mol. The first-order valence-corrected chi connectivity index (χ1v) is 6.06. The molecule has 0 unspecified atom stereocenters. The highest BCUT2D eigenvalue weighted by molar-refractivity contribution is 6.02. The Balaban J connectivity index is 2.50. The zero-order chi connectivity index (χ0) is 13.0. The van der Waals surface area contributed by atoms with Crippen LogP contribution in [0.1, 0.15) is 20.3 Å². The Labute approximate surface area is 106 Å². The van der Waals surface area contributed by atoms with E-state index in [0.29, 0.717) is 13.0 Å². The lowest BCUT2D eigenvalue weighted by atomic mass is 10.1. The number of aromatic nitrogens is 1. The first-order chi connectivity index (χ1) is 8.76. The number of rotatable bonds is 4. The van der Waals surface area contributed by atoms with Crippen LogP contribution in [0.3, 0.4) is 0 Å². The van der Waals surface area contributed by atoms with Gasteiger partial charge in [-0.15, -0.1) is 0 Å². The third kappa shape index (κ3) is 2.42. The number of anilines is 1. The summed E-state index contributed by atoms with van der Waals surface area (Å²) in [6.07, 6.45) is 2.17. The van der Waals surface area contributed by atoms with Crippen LogP contribution in [0.2, 0.25) is 0 Å². The number of carbonyl (C=O) groups excluding carboxylic acids is 1. The highest BCUT2D eigenvalue weighted by atomic mass is 16.5. The number of ether oxygens (including phenoxy) is 1. The third-order valence-electron chi connectivity index (χ3n) is 2.63. The molecule has 0 radical (unpaired) electrons. The molecule has 0 saturated heterocycles. The number of carbonyl (C=O) groups is 1. The van der Waals surface area contributed by atoms with Gasteiger partial charge < -0.3 is 10.1 Å². The number of fused-ring (bicyclic) bond motifs is 1. The van der Waals surface area contributed by atoms with Gasteiger partial charge in [-0.2, -0.15) is 0 Å². The molecule has 0 saturated carbocycles. The van der Waals surface area contributed by atoms with Gasteiger partial charge in [-0.1, -0.05) is 6.92 Å². The van der Waals surface area contributed by atoms with Gasteiger partial charge >= 0.3 is 0 Å². The molecule has 0 bridgehead atoms. The van der Waals surface area contributed by atoms with Crippen LogP contribution in [0.25, 0.3) is 10.9 Å². The maximum atomic E-state index is 11.5. The zero-order valence-corrected chi connectivity index (χ0v) is 10.6. The average molecular weight is 244 g/mol. The summed E-state index contributed by atoms with van der Waals surface area (Å²) in [6, 6.07) is 7.46. The van der Waals surface area contributed by atoms with Crippen molar-refractivity contribution in [3.8, 4) is 5.75 Å². The Morgan fingerprint density at radius 2 is 2.17 bits per heavy atom. The molecule has 2 rings (SSSR count). The molecule has 94 valence electrons. The molecule has 0 fully saturated rings. The molecule has 18 heavy (non-hydrogen) atoms. The van der Waals surface area contributed by atoms with Crippen LogP contribution in [0.15, 0.2) is 30.5 Å². The van der Waals surface area contributed by atoms with E-state index in [2.05, 4.69) is 10.3 Å². The average Bonchev–Trinajstić information content (AvgIpc) is 2.41. The van der Waals surface area contributed by atoms with E-state index in [1.54, 1.807) is 6.20 Å². The van der Waals surface area contributed by atoms with Crippen molar-refractivity contribution in [1.82, 2.24) is 4.98 Å². The number of amides is 1. The van der Waals surface area contributed by atoms with Crippen LogP contribution in [0, 0.1) is 0 Å². The first-order valence-electron chi connectivity index (χ1n) is 6.06.